The smallest absolute Gasteiger partial charge is 0.400 e. The average Bonchev–Trinajstić information content (AvgIpc) is 2.47. The van der Waals surface area contributed by atoms with Gasteiger partial charge in [-0.05, 0) is 39.7 Å². The molecule has 0 N–H and O–H groups in total. The lowest BCUT2D eigenvalue weighted by Crippen LogP contribution is -2.41. The fourth-order valence-electron chi connectivity index (χ4n) is 1.82. The Kier molecular flexibility index (Phi) is 4.17. The molecular formula is C14H17BBrClO2. The van der Waals surface area contributed by atoms with Crippen LogP contribution in [0, 0.1) is 0 Å². The highest BCUT2D eigenvalue weighted by Crippen LogP contribution is 2.38. The SMILES string of the molecule is CC1(C)OB(/C=C(\Br)c2ccccc2Cl)OC1(C)C. The fourth-order valence-corrected chi connectivity index (χ4v) is 2.73. The summed E-state index contributed by atoms with van der Waals surface area (Å²) >= 11 is 9.70. The lowest BCUT2D eigenvalue weighted by Gasteiger charge is -2.32. The largest absolute Gasteiger partial charge is 0.488 e. The molecule has 1 fully saturated rings. The van der Waals surface area contributed by atoms with Gasteiger partial charge in [-0.2, -0.15) is 0 Å². The van der Waals surface area contributed by atoms with E-state index in [1.165, 1.54) is 0 Å². The van der Waals surface area contributed by atoms with Crippen molar-refractivity contribution in [1.82, 2.24) is 0 Å². The number of halogens is 2. The zero-order valence-electron chi connectivity index (χ0n) is 11.5. The summed E-state index contributed by atoms with van der Waals surface area (Å²) < 4.78 is 12.7. The molecule has 2 nitrogen and oxygen atoms in total. The van der Waals surface area contributed by atoms with E-state index in [2.05, 4.69) is 15.9 Å². The predicted octanol–water partition coefficient (Wildman–Crippen LogP) is 4.71. The molecule has 1 saturated heterocycles. The lowest BCUT2D eigenvalue weighted by molar-refractivity contribution is 0.00578. The summed E-state index contributed by atoms with van der Waals surface area (Å²) in [5.41, 5.74) is 0.267. The Bertz CT molecular complexity index is 498. The first kappa shape index (κ1) is 15.1. The van der Waals surface area contributed by atoms with E-state index < -0.39 is 0 Å². The number of benzene rings is 1. The quantitative estimate of drug-likeness (QED) is 0.724. The predicted molar refractivity (Wildman–Crippen MR) is 84.4 cm³/mol. The van der Waals surface area contributed by atoms with Gasteiger partial charge in [0.2, 0.25) is 0 Å². The van der Waals surface area contributed by atoms with E-state index >= 15 is 0 Å². The minimum Gasteiger partial charge on any atom is -0.400 e. The van der Waals surface area contributed by atoms with Gasteiger partial charge in [0.05, 0.1) is 11.2 Å². The molecule has 1 aromatic carbocycles. The van der Waals surface area contributed by atoms with Gasteiger partial charge in [0.1, 0.15) is 0 Å². The molecule has 102 valence electrons. The van der Waals surface area contributed by atoms with E-state index in [9.17, 15) is 0 Å². The second kappa shape index (κ2) is 5.25. The molecular weight excluding hydrogens is 326 g/mol. The highest BCUT2D eigenvalue weighted by Gasteiger charge is 2.50. The highest BCUT2D eigenvalue weighted by atomic mass is 79.9. The van der Waals surface area contributed by atoms with Crippen molar-refractivity contribution in [3.8, 4) is 0 Å². The van der Waals surface area contributed by atoms with Crippen molar-refractivity contribution in [2.75, 3.05) is 0 Å². The van der Waals surface area contributed by atoms with E-state index in [-0.39, 0.29) is 18.3 Å². The van der Waals surface area contributed by atoms with Crippen molar-refractivity contribution in [1.29, 1.82) is 0 Å². The monoisotopic (exact) mass is 342 g/mol. The zero-order valence-corrected chi connectivity index (χ0v) is 13.9. The Hall–Kier alpha value is -0.285. The molecule has 5 heteroatoms. The van der Waals surface area contributed by atoms with E-state index in [0.717, 1.165) is 10.0 Å². The second-order valence-electron chi connectivity index (χ2n) is 5.62. The van der Waals surface area contributed by atoms with Crippen LogP contribution in [0.15, 0.2) is 30.2 Å². The molecule has 2 rings (SSSR count). The standard InChI is InChI=1S/C14H17BBrClO2/c1-13(2)14(3,4)19-15(18-13)9-11(16)10-7-5-6-8-12(10)17/h5-9H,1-4H3/b11-9-. The van der Waals surface area contributed by atoms with Crippen LogP contribution in [-0.2, 0) is 9.31 Å². The van der Waals surface area contributed by atoms with Crippen molar-refractivity contribution in [3.05, 3.63) is 40.8 Å². The van der Waals surface area contributed by atoms with Gasteiger partial charge in [-0.25, -0.2) is 0 Å². The van der Waals surface area contributed by atoms with Crippen LogP contribution in [0.1, 0.15) is 33.3 Å². The number of hydrogen-bond donors (Lipinski definition) is 0. The van der Waals surface area contributed by atoms with E-state index in [1.54, 1.807) is 0 Å². The second-order valence-corrected chi connectivity index (χ2v) is 6.88. The maximum absolute atomic E-state index is 6.16. The Morgan fingerprint density at radius 1 is 1.16 bits per heavy atom. The van der Waals surface area contributed by atoms with Crippen molar-refractivity contribution in [2.24, 2.45) is 0 Å². The molecule has 0 atom stereocenters. The molecule has 0 unspecified atom stereocenters. The number of rotatable bonds is 2. The molecule has 0 spiro atoms. The highest BCUT2D eigenvalue weighted by molar-refractivity contribution is 9.15. The van der Waals surface area contributed by atoms with Crippen molar-refractivity contribution >= 4 is 39.1 Å². The van der Waals surface area contributed by atoms with Crippen molar-refractivity contribution in [2.45, 2.75) is 38.9 Å². The van der Waals surface area contributed by atoms with Crippen molar-refractivity contribution < 1.29 is 9.31 Å². The molecule has 0 radical (unpaired) electrons. The Balaban J connectivity index is 2.22. The summed E-state index contributed by atoms with van der Waals surface area (Å²) in [7, 11) is -0.379. The minimum absolute atomic E-state index is 0.331. The van der Waals surface area contributed by atoms with Gasteiger partial charge in [0.15, 0.2) is 0 Å². The van der Waals surface area contributed by atoms with Crippen LogP contribution in [0.2, 0.25) is 5.02 Å². The summed E-state index contributed by atoms with van der Waals surface area (Å²) in [5.74, 6) is 1.90. The summed E-state index contributed by atoms with van der Waals surface area (Å²) in [6.45, 7) is 8.13. The first-order chi connectivity index (χ1) is 8.73. The third kappa shape index (κ3) is 3.08. The van der Waals surface area contributed by atoms with Gasteiger partial charge in [0, 0.05) is 15.1 Å². The van der Waals surface area contributed by atoms with Gasteiger partial charge in [0.25, 0.3) is 0 Å². The maximum Gasteiger partial charge on any atom is 0.488 e. The van der Waals surface area contributed by atoms with Crippen LogP contribution >= 0.6 is 27.5 Å². The first-order valence-electron chi connectivity index (χ1n) is 6.21. The molecule has 1 aliphatic heterocycles. The van der Waals surface area contributed by atoms with Gasteiger partial charge >= 0.3 is 7.12 Å². The molecule has 1 heterocycles. The zero-order chi connectivity index (χ0) is 14.3. The van der Waals surface area contributed by atoms with Gasteiger partial charge < -0.3 is 9.31 Å². The average molecular weight is 343 g/mol. The molecule has 0 amide bonds. The van der Waals surface area contributed by atoms with Crippen LogP contribution in [0.25, 0.3) is 4.48 Å². The Morgan fingerprint density at radius 3 is 2.21 bits per heavy atom. The Labute approximate surface area is 128 Å². The Morgan fingerprint density at radius 2 is 1.68 bits per heavy atom. The van der Waals surface area contributed by atoms with Crippen LogP contribution < -0.4 is 0 Å². The topological polar surface area (TPSA) is 18.5 Å². The van der Waals surface area contributed by atoms with E-state index in [0.29, 0.717) is 5.02 Å². The lowest BCUT2D eigenvalue weighted by atomic mass is 9.89. The molecule has 0 aromatic heterocycles. The molecule has 0 bridgehead atoms. The molecule has 19 heavy (non-hydrogen) atoms. The van der Waals surface area contributed by atoms with Crippen LogP contribution in [-0.4, -0.2) is 18.3 Å². The minimum atomic E-state index is -0.379. The van der Waals surface area contributed by atoms with Crippen LogP contribution in [0.4, 0.5) is 0 Å². The molecule has 1 aliphatic rings. The van der Waals surface area contributed by atoms with Gasteiger partial charge in [-0.1, -0.05) is 45.7 Å². The summed E-state index contributed by atoms with van der Waals surface area (Å²) in [6.07, 6.45) is 0. The van der Waals surface area contributed by atoms with Crippen LogP contribution in [0.5, 0.6) is 0 Å². The van der Waals surface area contributed by atoms with E-state index in [4.69, 9.17) is 20.9 Å². The first-order valence-corrected chi connectivity index (χ1v) is 7.38. The summed E-state index contributed by atoms with van der Waals surface area (Å²) in [4.78, 5) is 0. The fraction of sp³-hybridized carbons (Fsp3) is 0.429. The normalized spacial score (nSPS) is 21.8. The third-order valence-corrected chi connectivity index (χ3v) is 4.71. The molecule has 1 aromatic rings. The maximum atomic E-state index is 6.16. The summed E-state index contributed by atoms with van der Waals surface area (Å²) in [5, 5.41) is 0.696. The molecule has 0 aliphatic carbocycles. The van der Waals surface area contributed by atoms with Crippen LogP contribution in [0.3, 0.4) is 0 Å². The third-order valence-electron chi connectivity index (χ3n) is 3.69. The van der Waals surface area contributed by atoms with Crippen molar-refractivity contribution in [3.63, 3.8) is 0 Å². The van der Waals surface area contributed by atoms with Gasteiger partial charge in [-0.3, -0.25) is 0 Å². The summed E-state index contributed by atoms with van der Waals surface area (Å²) in [6, 6.07) is 7.66. The molecule has 0 saturated carbocycles. The van der Waals surface area contributed by atoms with Gasteiger partial charge in [-0.15, -0.1) is 0 Å². The number of hydrogen-bond acceptors (Lipinski definition) is 2. The van der Waals surface area contributed by atoms with E-state index in [1.807, 2.05) is 57.9 Å².